The SMILES string of the molecule is CCc1ccccc1NC(=O)C(=O)NCC1(CO)CC1. The van der Waals surface area contributed by atoms with Crippen LogP contribution >= 0.6 is 0 Å². The standard InChI is InChI=1S/C15H20N2O3/c1-2-11-5-3-4-6-12(11)17-14(20)13(19)16-9-15(10-18)7-8-15/h3-6,18H,2,7-10H2,1H3,(H,16,19)(H,17,20). The van der Waals surface area contributed by atoms with E-state index >= 15 is 0 Å². The lowest BCUT2D eigenvalue weighted by Crippen LogP contribution is -2.39. The molecule has 0 unspecified atom stereocenters. The zero-order valence-corrected chi connectivity index (χ0v) is 11.6. The van der Waals surface area contributed by atoms with E-state index in [1.54, 1.807) is 6.07 Å². The lowest BCUT2D eigenvalue weighted by Gasteiger charge is -2.13. The number of carbonyl (C=O) groups is 2. The molecule has 0 bridgehead atoms. The summed E-state index contributed by atoms with van der Waals surface area (Å²) in [6.07, 6.45) is 2.57. The lowest BCUT2D eigenvalue weighted by molar-refractivity contribution is -0.136. The van der Waals surface area contributed by atoms with Crippen molar-refractivity contribution < 1.29 is 14.7 Å². The number of rotatable bonds is 5. The number of para-hydroxylation sites is 1. The molecule has 108 valence electrons. The number of anilines is 1. The maximum absolute atomic E-state index is 11.8. The highest BCUT2D eigenvalue weighted by molar-refractivity contribution is 6.39. The zero-order chi connectivity index (χ0) is 14.6. The van der Waals surface area contributed by atoms with Crippen molar-refractivity contribution in [3.8, 4) is 0 Å². The molecule has 5 heteroatoms. The van der Waals surface area contributed by atoms with Gasteiger partial charge in [-0.3, -0.25) is 9.59 Å². The lowest BCUT2D eigenvalue weighted by atomic mass is 10.1. The molecule has 0 saturated heterocycles. The van der Waals surface area contributed by atoms with Crippen LogP contribution < -0.4 is 10.6 Å². The van der Waals surface area contributed by atoms with Crippen LogP contribution in [0.25, 0.3) is 0 Å². The van der Waals surface area contributed by atoms with Gasteiger partial charge in [0.15, 0.2) is 0 Å². The summed E-state index contributed by atoms with van der Waals surface area (Å²) in [4.78, 5) is 23.6. The van der Waals surface area contributed by atoms with Crippen LogP contribution in [0, 0.1) is 5.41 Å². The Morgan fingerprint density at radius 2 is 1.95 bits per heavy atom. The van der Waals surface area contributed by atoms with E-state index in [0.717, 1.165) is 24.8 Å². The van der Waals surface area contributed by atoms with Crippen LogP contribution in [-0.2, 0) is 16.0 Å². The fourth-order valence-electron chi connectivity index (χ4n) is 2.05. The Bertz CT molecular complexity index is 510. The minimum atomic E-state index is -0.667. The second kappa shape index (κ2) is 6.05. The zero-order valence-electron chi connectivity index (χ0n) is 11.6. The molecule has 1 fully saturated rings. The first-order valence-corrected chi connectivity index (χ1v) is 6.88. The van der Waals surface area contributed by atoms with E-state index in [4.69, 9.17) is 5.11 Å². The van der Waals surface area contributed by atoms with Crippen molar-refractivity contribution in [3.05, 3.63) is 29.8 Å². The average molecular weight is 276 g/mol. The van der Waals surface area contributed by atoms with Crippen molar-refractivity contribution in [1.29, 1.82) is 0 Å². The Balaban J connectivity index is 1.89. The number of amides is 2. The molecule has 1 aromatic carbocycles. The summed E-state index contributed by atoms with van der Waals surface area (Å²) in [5, 5.41) is 14.4. The molecular formula is C15H20N2O3. The van der Waals surface area contributed by atoms with E-state index < -0.39 is 11.8 Å². The smallest absolute Gasteiger partial charge is 0.313 e. The number of aryl methyl sites for hydroxylation is 1. The van der Waals surface area contributed by atoms with Crippen LogP contribution in [0.1, 0.15) is 25.3 Å². The van der Waals surface area contributed by atoms with Crippen molar-refractivity contribution in [3.63, 3.8) is 0 Å². The van der Waals surface area contributed by atoms with Crippen molar-refractivity contribution >= 4 is 17.5 Å². The highest BCUT2D eigenvalue weighted by Gasteiger charge is 2.42. The first kappa shape index (κ1) is 14.5. The number of aliphatic hydroxyl groups is 1. The molecule has 1 saturated carbocycles. The molecule has 2 amide bonds. The molecule has 1 aromatic rings. The van der Waals surface area contributed by atoms with Crippen LogP contribution in [0.5, 0.6) is 0 Å². The summed E-state index contributed by atoms with van der Waals surface area (Å²) < 4.78 is 0. The largest absolute Gasteiger partial charge is 0.396 e. The molecular weight excluding hydrogens is 256 g/mol. The second-order valence-corrected chi connectivity index (χ2v) is 5.31. The van der Waals surface area contributed by atoms with E-state index in [2.05, 4.69) is 10.6 Å². The minimum Gasteiger partial charge on any atom is -0.396 e. The van der Waals surface area contributed by atoms with Crippen molar-refractivity contribution in [2.45, 2.75) is 26.2 Å². The predicted octanol–water partition coefficient (Wildman–Crippen LogP) is 1.08. The van der Waals surface area contributed by atoms with Gasteiger partial charge >= 0.3 is 11.8 Å². The highest BCUT2D eigenvalue weighted by Crippen LogP contribution is 2.44. The number of hydrogen-bond acceptors (Lipinski definition) is 3. The molecule has 0 atom stereocenters. The van der Waals surface area contributed by atoms with Gasteiger partial charge in [-0.1, -0.05) is 25.1 Å². The monoisotopic (exact) mass is 276 g/mol. The van der Waals surface area contributed by atoms with E-state index in [-0.39, 0.29) is 12.0 Å². The third-order valence-electron chi connectivity index (χ3n) is 3.77. The van der Waals surface area contributed by atoms with Gasteiger partial charge in [0.25, 0.3) is 0 Å². The maximum atomic E-state index is 11.8. The molecule has 20 heavy (non-hydrogen) atoms. The van der Waals surface area contributed by atoms with Crippen LogP contribution in [-0.4, -0.2) is 30.1 Å². The molecule has 0 heterocycles. The van der Waals surface area contributed by atoms with Crippen molar-refractivity contribution in [2.75, 3.05) is 18.5 Å². The summed E-state index contributed by atoms with van der Waals surface area (Å²) in [6.45, 7) is 2.39. The molecule has 2 rings (SSSR count). The van der Waals surface area contributed by atoms with Crippen molar-refractivity contribution in [1.82, 2.24) is 5.32 Å². The second-order valence-electron chi connectivity index (χ2n) is 5.31. The molecule has 1 aliphatic carbocycles. The third-order valence-corrected chi connectivity index (χ3v) is 3.77. The molecule has 5 nitrogen and oxygen atoms in total. The van der Waals surface area contributed by atoms with Gasteiger partial charge in [-0.2, -0.15) is 0 Å². The first-order valence-electron chi connectivity index (χ1n) is 6.88. The van der Waals surface area contributed by atoms with Gasteiger partial charge in [0, 0.05) is 17.6 Å². The highest BCUT2D eigenvalue weighted by atomic mass is 16.3. The van der Waals surface area contributed by atoms with Crippen molar-refractivity contribution in [2.24, 2.45) is 5.41 Å². The molecule has 0 aromatic heterocycles. The quantitative estimate of drug-likeness (QED) is 0.704. The van der Waals surface area contributed by atoms with Crippen LogP contribution in [0.2, 0.25) is 0 Å². The first-order chi connectivity index (χ1) is 9.60. The summed E-state index contributed by atoms with van der Waals surface area (Å²) >= 11 is 0. The van der Waals surface area contributed by atoms with Gasteiger partial charge < -0.3 is 15.7 Å². The van der Waals surface area contributed by atoms with Gasteiger partial charge in [-0.15, -0.1) is 0 Å². The Hall–Kier alpha value is -1.88. The average Bonchev–Trinajstić information content (AvgIpc) is 3.26. The predicted molar refractivity (Wildman–Crippen MR) is 76.2 cm³/mol. The van der Waals surface area contributed by atoms with Gasteiger partial charge in [-0.25, -0.2) is 0 Å². The number of carbonyl (C=O) groups excluding carboxylic acids is 2. The van der Waals surface area contributed by atoms with E-state index in [1.807, 2.05) is 25.1 Å². The maximum Gasteiger partial charge on any atom is 0.313 e. The fourth-order valence-corrected chi connectivity index (χ4v) is 2.05. The van der Waals surface area contributed by atoms with E-state index in [9.17, 15) is 9.59 Å². The Morgan fingerprint density at radius 1 is 1.25 bits per heavy atom. The number of benzene rings is 1. The van der Waals surface area contributed by atoms with Crippen LogP contribution in [0.4, 0.5) is 5.69 Å². The summed E-state index contributed by atoms with van der Waals surface area (Å²) in [7, 11) is 0. The van der Waals surface area contributed by atoms with Gasteiger partial charge in [0.05, 0.1) is 6.61 Å². The van der Waals surface area contributed by atoms with E-state index in [0.29, 0.717) is 12.2 Å². The Morgan fingerprint density at radius 3 is 2.55 bits per heavy atom. The summed E-state index contributed by atoms with van der Waals surface area (Å²) in [6, 6.07) is 7.41. The molecule has 1 aliphatic rings. The Kier molecular flexibility index (Phi) is 4.39. The third kappa shape index (κ3) is 3.36. The van der Waals surface area contributed by atoms with E-state index in [1.165, 1.54) is 0 Å². The van der Waals surface area contributed by atoms with Gasteiger partial charge in [0.2, 0.25) is 0 Å². The molecule has 3 N–H and O–H groups in total. The topological polar surface area (TPSA) is 78.4 Å². The molecule has 0 aliphatic heterocycles. The van der Waals surface area contributed by atoms with Gasteiger partial charge in [-0.05, 0) is 30.9 Å². The number of hydrogen-bond donors (Lipinski definition) is 3. The number of aliphatic hydroxyl groups excluding tert-OH is 1. The molecule has 0 radical (unpaired) electrons. The normalized spacial score (nSPS) is 15.5. The minimum absolute atomic E-state index is 0.0492. The van der Waals surface area contributed by atoms with Crippen LogP contribution in [0.3, 0.4) is 0 Å². The summed E-state index contributed by atoms with van der Waals surface area (Å²) in [5.41, 5.74) is 1.46. The Labute approximate surface area is 118 Å². The van der Waals surface area contributed by atoms with Crippen LogP contribution in [0.15, 0.2) is 24.3 Å². The molecule has 0 spiro atoms. The van der Waals surface area contributed by atoms with Gasteiger partial charge in [0.1, 0.15) is 0 Å². The fraction of sp³-hybridized carbons (Fsp3) is 0.467. The summed E-state index contributed by atoms with van der Waals surface area (Å²) in [5.74, 6) is -1.32. The number of nitrogens with one attached hydrogen (secondary N) is 2.